The molecule has 0 atom stereocenters. The SMILES string of the molecule is C=CCc1c(-c2ccc(-c3ccccc3)cc2)[c]ccc1OCC. The Morgan fingerprint density at radius 1 is 0.917 bits per heavy atom. The summed E-state index contributed by atoms with van der Waals surface area (Å²) in [6.45, 7) is 6.53. The van der Waals surface area contributed by atoms with E-state index in [1.165, 1.54) is 11.1 Å². The van der Waals surface area contributed by atoms with Gasteiger partial charge in [-0.15, -0.1) is 6.58 Å². The molecule has 1 nitrogen and oxygen atoms in total. The summed E-state index contributed by atoms with van der Waals surface area (Å²) in [5, 5.41) is 0. The molecule has 0 bridgehead atoms. The summed E-state index contributed by atoms with van der Waals surface area (Å²) in [7, 11) is 0. The quantitative estimate of drug-likeness (QED) is 0.511. The molecule has 0 aromatic heterocycles. The van der Waals surface area contributed by atoms with Gasteiger partial charge >= 0.3 is 0 Å². The third-order valence-electron chi connectivity index (χ3n) is 3.99. The first-order valence-electron chi connectivity index (χ1n) is 8.26. The van der Waals surface area contributed by atoms with Gasteiger partial charge in [-0.05, 0) is 47.7 Å². The lowest BCUT2D eigenvalue weighted by Gasteiger charge is -2.14. The number of benzene rings is 3. The summed E-state index contributed by atoms with van der Waals surface area (Å²) < 4.78 is 5.78. The molecule has 3 rings (SSSR count). The third-order valence-corrected chi connectivity index (χ3v) is 3.99. The molecular formula is C23H21O. The molecule has 119 valence electrons. The van der Waals surface area contributed by atoms with Gasteiger partial charge in [-0.1, -0.05) is 66.7 Å². The summed E-state index contributed by atoms with van der Waals surface area (Å²) in [6.07, 6.45) is 2.68. The third kappa shape index (κ3) is 3.41. The van der Waals surface area contributed by atoms with Crippen LogP contribution in [0.2, 0.25) is 0 Å². The molecule has 0 unspecified atom stereocenters. The number of hydrogen-bond acceptors (Lipinski definition) is 1. The molecule has 0 amide bonds. The van der Waals surface area contributed by atoms with E-state index < -0.39 is 0 Å². The first-order valence-corrected chi connectivity index (χ1v) is 8.26. The molecule has 0 spiro atoms. The van der Waals surface area contributed by atoms with Crippen molar-refractivity contribution in [2.24, 2.45) is 0 Å². The number of ether oxygens (including phenoxy) is 1. The summed E-state index contributed by atoms with van der Waals surface area (Å²) in [6, 6.07) is 26.3. The van der Waals surface area contributed by atoms with E-state index in [1.807, 2.05) is 31.2 Å². The molecule has 0 heterocycles. The average Bonchev–Trinajstić information content (AvgIpc) is 2.64. The van der Waals surface area contributed by atoms with Crippen molar-refractivity contribution in [3.05, 3.63) is 91.0 Å². The van der Waals surface area contributed by atoms with E-state index in [2.05, 4.69) is 61.2 Å². The molecule has 0 N–H and O–H groups in total. The van der Waals surface area contributed by atoms with E-state index in [1.54, 1.807) is 0 Å². The highest BCUT2D eigenvalue weighted by Gasteiger charge is 2.10. The van der Waals surface area contributed by atoms with Crippen LogP contribution in [-0.4, -0.2) is 6.61 Å². The van der Waals surface area contributed by atoms with Crippen LogP contribution in [0.4, 0.5) is 0 Å². The highest BCUT2D eigenvalue weighted by molar-refractivity contribution is 5.73. The van der Waals surface area contributed by atoms with Gasteiger partial charge in [0, 0.05) is 5.56 Å². The molecule has 1 heteroatoms. The van der Waals surface area contributed by atoms with Crippen molar-refractivity contribution in [3.63, 3.8) is 0 Å². The largest absolute Gasteiger partial charge is 0.494 e. The monoisotopic (exact) mass is 313 g/mol. The minimum Gasteiger partial charge on any atom is -0.494 e. The molecule has 0 aliphatic carbocycles. The van der Waals surface area contributed by atoms with Crippen LogP contribution in [-0.2, 0) is 6.42 Å². The molecule has 3 aromatic rings. The standard InChI is InChI=1S/C23H21O/c1-3-9-22-21(12-8-13-23(22)24-4-2)20-16-14-19(15-17-20)18-10-6-5-7-11-18/h3,5-8,10-11,13-17H,1,4,9H2,2H3. The fourth-order valence-electron chi connectivity index (χ4n) is 2.87. The smallest absolute Gasteiger partial charge is 0.123 e. The van der Waals surface area contributed by atoms with Crippen LogP contribution in [0.15, 0.2) is 79.4 Å². The Bertz CT molecular complexity index is 801. The van der Waals surface area contributed by atoms with Crippen LogP contribution < -0.4 is 4.74 Å². The average molecular weight is 313 g/mol. The van der Waals surface area contributed by atoms with Gasteiger partial charge in [-0.2, -0.15) is 0 Å². The van der Waals surface area contributed by atoms with Gasteiger partial charge in [0.25, 0.3) is 0 Å². The molecule has 1 radical (unpaired) electrons. The van der Waals surface area contributed by atoms with Crippen molar-refractivity contribution in [2.45, 2.75) is 13.3 Å². The number of allylic oxidation sites excluding steroid dienone is 1. The van der Waals surface area contributed by atoms with Crippen molar-refractivity contribution in [1.29, 1.82) is 0 Å². The van der Waals surface area contributed by atoms with Crippen LogP contribution in [0.25, 0.3) is 22.3 Å². The van der Waals surface area contributed by atoms with Crippen LogP contribution in [0.3, 0.4) is 0 Å². The Balaban J connectivity index is 2.00. The lowest BCUT2D eigenvalue weighted by Crippen LogP contribution is -1.98. The van der Waals surface area contributed by atoms with Crippen molar-refractivity contribution in [2.75, 3.05) is 6.61 Å². The summed E-state index contributed by atoms with van der Waals surface area (Å²) in [5.74, 6) is 0.915. The van der Waals surface area contributed by atoms with E-state index in [0.29, 0.717) is 6.61 Å². The van der Waals surface area contributed by atoms with Crippen molar-refractivity contribution >= 4 is 0 Å². The second-order valence-electron chi connectivity index (χ2n) is 5.56. The summed E-state index contributed by atoms with van der Waals surface area (Å²) in [4.78, 5) is 0. The Labute approximate surface area is 144 Å². The predicted octanol–water partition coefficient (Wildman–Crippen LogP) is 5.95. The maximum Gasteiger partial charge on any atom is 0.123 e. The molecule has 24 heavy (non-hydrogen) atoms. The molecular weight excluding hydrogens is 292 g/mol. The highest BCUT2D eigenvalue weighted by Crippen LogP contribution is 2.32. The second kappa shape index (κ2) is 7.65. The normalized spacial score (nSPS) is 10.4. The predicted molar refractivity (Wildman–Crippen MR) is 101 cm³/mol. The van der Waals surface area contributed by atoms with Crippen LogP contribution >= 0.6 is 0 Å². The van der Waals surface area contributed by atoms with Gasteiger partial charge in [0.05, 0.1) is 6.61 Å². The van der Waals surface area contributed by atoms with Gasteiger partial charge in [0.1, 0.15) is 5.75 Å². The molecule has 0 aliphatic heterocycles. The van der Waals surface area contributed by atoms with Gasteiger partial charge in [-0.3, -0.25) is 0 Å². The molecule has 3 aromatic carbocycles. The molecule has 0 aliphatic rings. The summed E-state index contributed by atoms with van der Waals surface area (Å²) >= 11 is 0. The zero-order chi connectivity index (χ0) is 16.8. The Hall–Kier alpha value is -2.80. The fraction of sp³-hybridized carbons (Fsp3) is 0.130. The minimum absolute atomic E-state index is 0.653. The van der Waals surface area contributed by atoms with Gasteiger partial charge in [0.2, 0.25) is 0 Å². The Morgan fingerprint density at radius 2 is 1.58 bits per heavy atom. The number of rotatable bonds is 6. The molecule has 0 saturated heterocycles. The van der Waals surface area contributed by atoms with E-state index >= 15 is 0 Å². The van der Waals surface area contributed by atoms with E-state index in [-0.39, 0.29) is 0 Å². The van der Waals surface area contributed by atoms with Crippen molar-refractivity contribution in [1.82, 2.24) is 0 Å². The van der Waals surface area contributed by atoms with Crippen LogP contribution in [0.1, 0.15) is 12.5 Å². The highest BCUT2D eigenvalue weighted by atomic mass is 16.5. The zero-order valence-corrected chi connectivity index (χ0v) is 14.0. The van der Waals surface area contributed by atoms with Crippen molar-refractivity contribution in [3.8, 4) is 28.0 Å². The fourth-order valence-corrected chi connectivity index (χ4v) is 2.87. The first-order chi connectivity index (χ1) is 11.8. The maximum atomic E-state index is 5.78. The van der Waals surface area contributed by atoms with Crippen LogP contribution in [0, 0.1) is 6.07 Å². The lowest BCUT2D eigenvalue weighted by molar-refractivity contribution is 0.337. The Kier molecular flexibility index (Phi) is 5.12. The van der Waals surface area contributed by atoms with E-state index in [4.69, 9.17) is 4.74 Å². The van der Waals surface area contributed by atoms with Gasteiger partial charge in [-0.25, -0.2) is 0 Å². The molecule has 0 saturated carbocycles. The van der Waals surface area contributed by atoms with E-state index in [0.717, 1.165) is 28.9 Å². The minimum atomic E-state index is 0.653. The van der Waals surface area contributed by atoms with Gasteiger partial charge < -0.3 is 4.74 Å². The lowest BCUT2D eigenvalue weighted by atomic mass is 9.95. The van der Waals surface area contributed by atoms with Crippen molar-refractivity contribution < 1.29 is 4.74 Å². The summed E-state index contributed by atoms with van der Waals surface area (Å²) in [5.41, 5.74) is 5.81. The topological polar surface area (TPSA) is 9.23 Å². The van der Waals surface area contributed by atoms with E-state index in [9.17, 15) is 0 Å². The molecule has 0 fully saturated rings. The maximum absolute atomic E-state index is 5.78. The zero-order valence-electron chi connectivity index (χ0n) is 14.0. The van der Waals surface area contributed by atoms with Gasteiger partial charge in [0.15, 0.2) is 0 Å². The van der Waals surface area contributed by atoms with Crippen LogP contribution in [0.5, 0.6) is 5.75 Å². The first kappa shape index (κ1) is 16.1. The number of hydrogen-bond donors (Lipinski definition) is 0. The second-order valence-corrected chi connectivity index (χ2v) is 5.56. The Morgan fingerprint density at radius 3 is 2.25 bits per heavy atom.